The predicted octanol–water partition coefficient (Wildman–Crippen LogP) is 2.94. The summed E-state index contributed by atoms with van der Waals surface area (Å²) in [6.07, 6.45) is 6.27. The minimum atomic E-state index is -0.392. The van der Waals surface area contributed by atoms with Crippen LogP contribution in [0, 0.1) is 6.92 Å². The van der Waals surface area contributed by atoms with E-state index in [1.807, 2.05) is 31.2 Å². The lowest BCUT2D eigenvalue weighted by Gasteiger charge is -2.33. The van der Waals surface area contributed by atoms with E-state index in [4.69, 9.17) is 9.47 Å². The van der Waals surface area contributed by atoms with Gasteiger partial charge >= 0.3 is 5.97 Å². The van der Waals surface area contributed by atoms with Gasteiger partial charge in [-0.15, -0.1) is 0 Å². The first kappa shape index (κ1) is 20.8. The molecule has 2 aromatic rings. The average Bonchev–Trinajstić information content (AvgIpc) is 2.73. The molecular formula is C22H27N3O4. The Hall–Kier alpha value is -2.93. The number of carbonyl (C=O) groups excluding carboxylic acids is 2. The number of rotatable bonds is 7. The zero-order valence-electron chi connectivity index (χ0n) is 16.9. The summed E-state index contributed by atoms with van der Waals surface area (Å²) in [7, 11) is 1.54. The van der Waals surface area contributed by atoms with Gasteiger partial charge in [-0.2, -0.15) is 0 Å². The first-order chi connectivity index (χ1) is 14.1. The van der Waals surface area contributed by atoms with Crippen LogP contribution in [0.15, 0.2) is 42.7 Å². The van der Waals surface area contributed by atoms with E-state index in [1.54, 1.807) is 25.6 Å². The number of benzene rings is 1. The molecule has 0 radical (unpaired) electrons. The number of amides is 1. The van der Waals surface area contributed by atoms with Crippen LogP contribution in [-0.2, 0) is 20.9 Å². The van der Waals surface area contributed by atoms with Gasteiger partial charge in [0.1, 0.15) is 11.8 Å². The van der Waals surface area contributed by atoms with Crippen molar-refractivity contribution >= 4 is 17.6 Å². The average molecular weight is 397 g/mol. The van der Waals surface area contributed by atoms with Crippen LogP contribution in [0.1, 0.15) is 30.4 Å². The Balaban J connectivity index is 1.56. The molecule has 0 bridgehead atoms. The fraction of sp³-hybridized carbons (Fsp3) is 0.409. The van der Waals surface area contributed by atoms with Crippen molar-refractivity contribution in [3.8, 4) is 5.75 Å². The minimum Gasteiger partial charge on any atom is -0.495 e. The van der Waals surface area contributed by atoms with E-state index in [-0.39, 0.29) is 18.6 Å². The van der Waals surface area contributed by atoms with E-state index < -0.39 is 5.91 Å². The molecule has 1 amide bonds. The summed E-state index contributed by atoms with van der Waals surface area (Å²) in [5.74, 6) is -0.193. The van der Waals surface area contributed by atoms with Crippen LogP contribution in [0.3, 0.4) is 0 Å². The number of aryl methyl sites for hydroxylation is 1. The number of likely N-dealkylation sites (tertiary alicyclic amines) is 1. The van der Waals surface area contributed by atoms with Gasteiger partial charge in [-0.1, -0.05) is 18.6 Å². The van der Waals surface area contributed by atoms with E-state index in [1.165, 1.54) is 0 Å². The first-order valence-electron chi connectivity index (χ1n) is 9.81. The maximum atomic E-state index is 12.6. The number of ether oxygens (including phenoxy) is 2. The molecule has 0 saturated carbocycles. The van der Waals surface area contributed by atoms with Crippen molar-refractivity contribution < 1.29 is 19.1 Å². The lowest BCUT2D eigenvalue weighted by molar-refractivity contribution is -0.154. The molecular weight excluding hydrogens is 370 g/mol. The molecule has 1 aliphatic heterocycles. The SMILES string of the molecule is COc1ccc(C)cc1NC(=O)COC(=O)[C@@H]1CCCCN1Cc1cccnc1. The maximum absolute atomic E-state index is 12.6. The fourth-order valence-electron chi connectivity index (χ4n) is 3.51. The largest absolute Gasteiger partial charge is 0.495 e. The van der Waals surface area contributed by atoms with Gasteiger partial charge in [-0.05, 0) is 55.6 Å². The van der Waals surface area contributed by atoms with E-state index >= 15 is 0 Å². The van der Waals surface area contributed by atoms with Gasteiger partial charge in [0.05, 0.1) is 12.8 Å². The molecule has 1 N–H and O–H groups in total. The number of nitrogens with zero attached hydrogens (tertiary/aromatic N) is 2. The predicted molar refractivity (Wildman–Crippen MR) is 110 cm³/mol. The van der Waals surface area contributed by atoms with Gasteiger partial charge in [0, 0.05) is 18.9 Å². The molecule has 3 rings (SSSR count). The Morgan fingerprint density at radius 3 is 2.90 bits per heavy atom. The standard InChI is InChI=1S/C22H27N3O4/c1-16-8-9-20(28-2)18(12-16)24-21(26)15-29-22(27)19-7-3-4-11-25(19)14-17-6-5-10-23-13-17/h5-6,8-10,12-13,19H,3-4,7,11,14-15H2,1-2H3,(H,24,26)/t19-/m0/s1. The van der Waals surface area contributed by atoms with Crippen molar-refractivity contribution in [2.45, 2.75) is 38.8 Å². The maximum Gasteiger partial charge on any atom is 0.323 e. The lowest BCUT2D eigenvalue weighted by atomic mass is 10.0. The molecule has 0 aliphatic carbocycles. The number of esters is 1. The molecule has 0 spiro atoms. The van der Waals surface area contributed by atoms with E-state index in [2.05, 4.69) is 15.2 Å². The number of nitrogens with one attached hydrogen (secondary N) is 1. The van der Waals surface area contributed by atoms with E-state index in [0.29, 0.717) is 18.0 Å². The van der Waals surface area contributed by atoms with Gasteiger partial charge in [0.15, 0.2) is 6.61 Å². The lowest BCUT2D eigenvalue weighted by Crippen LogP contribution is -2.45. The number of piperidine rings is 1. The number of pyridine rings is 1. The molecule has 7 heteroatoms. The summed E-state index contributed by atoms with van der Waals surface area (Å²) < 4.78 is 10.6. The van der Waals surface area contributed by atoms with Crippen molar-refractivity contribution in [2.24, 2.45) is 0 Å². The number of hydrogen-bond donors (Lipinski definition) is 1. The van der Waals surface area contributed by atoms with Gasteiger partial charge in [-0.25, -0.2) is 0 Å². The second kappa shape index (κ2) is 10.0. The quantitative estimate of drug-likeness (QED) is 0.724. The van der Waals surface area contributed by atoms with Crippen LogP contribution in [0.5, 0.6) is 5.75 Å². The van der Waals surface area contributed by atoms with Crippen molar-refractivity contribution in [2.75, 3.05) is 25.6 Å². The Kier molecular flexibility index (Phi) is 7.19. The number of carbonyl (C=O) groups is 2. The van der Waals surface area contributed by atoms with Gasteiger partial charge in [-0.3, -0.25) is 19.5 Å². The van der Waals surface area contributed by atoms with E-state index in [9.17, 15) is 9.59 Å². The minimum absolute atomic E-state index is 0.326. The molecule has 1 aliphatic rings. The molecule has 1 fully saturated rings. The van der Waals surface area contributed by atoms with Gasteiger partial charge in [0.2, 0.25) is 0 Å². The molecule has 154 valence electrons. The third-order valence-corrected chi connectivity index (χ3v) is 4.97. The molecule has 0 unspecified atom stereocenters. The summed E-state index contributed by atoms with van der Waals surface area (Å²) >= 11 is 0. The monoisotopic (exact) mass is 397 g/mol. The highest BCUT2D eigenvalue weighted by Crippen LogP contribution is 2.25. The molecule has 2 heterocycles. The number of methoxy groups -OCH3 is 1. The molecule has 7 nitrogen and oxygen atoms in total. The van der Waals surface area contributed by atoms with Crippen LogP contribution in [0.25, 0.3) is 0 Å². The summed E-state index contributed by atoms with van der Waals surface area (Å²) in [5.41, 5.74) is 2.60. The Labute approximate surface area is 171 Å². The molecule has 1 aromatic carbocycles. The highest BCUT2D eigenvalue weighted by molar-refractivity contribution is 5.94. The van der Waals surface area contributed by atoms with Crippen molar-refractivity contribution in [1.82, 2.24) is 9.88 Å². The Morgan fingerprint density at radius 1 is 1.28 bits per heavy atom. The zero-order chi connectivity index (χ0) is 20.6. The van der Waals surface area contributed by atoms with Crippen LogP contribution >= 0.6 is 0 Å². The molecule has 29 heavy (non-hydrogen) atoms. The zero-order valence-corrected chi connectivity index (χ0v) is 16.9. The van der Waals surface area contributed by atoms with Crippen LogP contribution in [0.2, 0.25) is 0 Å². The molecule has 1 atom stereocenters. The van der Waals surface area contributed by atoms with E-state index in [0.717, 1.165) is 36.9 Å². The topological polar surface area (TPSA) is 80.8 Å². The first-order valence-corrected chi connectivity index (χ1v) is 9.81. The van der Waals surface area contributed by atoms with Crippen LogP contribution < -0.4 is 10.1 Å². The number of aromatic nitrogens is 1. The highest BCUT2D eigenvalue weighted by Gasteiger charge is 2.30. The number of anilines is 1. The Morgan fingerprint density at radius 2 is 2.14 bits per heavy atom. The Bertz CT molecular complexity index is 841. The second-order valence-corrected chi connectivity index (χ2v) is 7.20. The number of hydrogen-bond acceptors (Lipinski definition) is 6. The smallest absolute Gasteiger partial charge is 0.323 e. The normalized spacial score (nSPS) is 16.8. The summed E-state index contributed by atoms with van der Waals surface area (Å²) in [6, 6.07) is 9.03. The van der Waals surface area contributed by atoms with Crippen LogP contribution in [-0.4, -0.2) is 48.1 Å². The van der Waals surface area contributed by atoms with Gasteiger partial charge < -0.3 is 14.8 Å². The molecule has 1 saturated heterocycles. The third kappa shape index (κ3) is 5.77. The summed E-state index contributed by atoms with van der Waals surface area (Å²) in [6.45, 7) is 3.06. The summed E-state index contributed by atoms with van der Waals surface area (Å²) in [5, 5.41) is 2.75. The fourth-order valence-corrected chi connectivity index (χ4v) is 3.51. The van der Waals surface area contributed by atoms with Gasteiger partial charge in [0.25, 0.3) is 5.91 Å². The summed E-state index contributed by atoms with van der Waals surface area (Å²) in [4.78, 5) is 31.2. The highest BCUT2D eigenvalue weighted by atomic mass is 16.5. The third-order valence-electron chi connectivity index (χ3n) is 4.97. The van der Waals surface area contributed by atoms with Crippen molar-refractivity contribution in [3.05, 3.63) is 53.9 Å². The van der Waals surface area contributed by atoms with Crippen molar-refractivity contribution in [1.29, 1.82) is 0 Å². The second-order valence-electron chi connectivity index (χ2n) is 7.20. The van der Waals surface area contributed by atoms with Crippen molar-refractivity contribution in [3.63, 3.8) is 0 Å². The van der Waals surface area contributed by atoms with Crippen LogP contribution in [0.4, 0.5) is 5.69 Å². The molecule has 1 aromatic heterocycles.